The van der Waals surface area contributed by atoms with Gasteiger partial charge in [0, 0.05) is 11.8 Å². The summed E-state index contributed by atoms with van der Waals surface area (Å²) in [5.74, 6) is -0.593. The van der Waals surface area contributed by atoms with Gasteiger partial charge in [-0.25, -0.2) is 32.0 Å². The number of benzene rings is 1. The zero-order chi connectivity index (χ0) is 34.3. The van der Waals surface area contributed by atoms with Crippen LogP contribution in [0.25, 0.3) is 10.9 Å². The molecule has 2 aromatic rings. The summed E-state index contributed by atoms with van der Waals surface area (Å²) in [5, 5.41) is 4.53. The zero-order valence-corrected chi connectivity index (χ0v) is 28.9. The van der Waals surface area contributed by atoms with Crippen LogP contribution in [0, 0.1) is 16.7 Å². The Kier molecular flexibility index (Phi) is 7.92. The van der Waals surface area contributed by atoms with Crippen molar-refractivity contribution in [2.75, 3.05) is 17.9 Å². The van der Waals surface area contributed by atoms with Gasteiger partial charge in [-0.1, -0.05) is 32.9 Å². The number of aromatic nitrogens is 2. The second kappa shape index (κ2) is 11.2. The van der Waals surface area contributed by atoms with Gasteiger partial charge in [-0.3, -0.25) is 14.6 Å². The molecule has 2 saturated heterocycles. The van der Waals surface area contributed by atoms with Gasteiger partial charge in [-0.05, 0) is 76.3 Å². The van der Waals surface area contributed by atoms with Crippen LogP contribution in [0.1, 0.15) is 79.5 Å². The molecule has 256 valence electrons. The van der Waals surface area contributed by atoms with Gasteiger partial charge in [0.25, 0.3) is 11.5 Å². The third-order valence-electron chi connectivity index (χ3n) is 11.1. The summed E-state index contributed by atoms with van der Waals surface area (Å²) in [7, 11) is -2.72. The van der Waals surface area contributed by atoms with Crippen LogP contribution in [0.2, 0.25) is 0 Å². The molecular formula is C33H45N5O8S. The monoisotopic (exact) mass is 671 g/mol. The van der Waals surface area contributed by atoms with Gasteiger partial charge in [-0.2, -0.15) is 0 Å². The Hall–Kier alpha value is -3.68. The van der Waals surface area contributed by atoms with Crippen molar-refractivity contribution in [2.24, 2.45) is 16.7 Å². The van der Waals surface area contributed by atoms with E-state index in [9.17, 15) is 27.6 Å². The highest BCUT2D eigenvalue weighted by Gasteiger charge is 2.73. The number of aryl methyl sites for hydroxylation is 1. The van der Waals surface area contributed by atoms with Gasteiger partial charge in [-0.15, -0.1) is 0 Å². The van der Waals surface area contributed by atoms with Crippen molar-refractivity contribution in [2.45, 2.75) is 110 Å². The number of amides is 2. The Morgan fingerprint density at radius 2 is 1.87 bits per heavy atom. The molecule has 2 bridgehead atoms. The molecular weight excluding hydrogens is 626 g/mol. The maximum absolute atomic E-state index is 14.6. The Morgan fingerprint density at radius 3 is 2.51 bits per heavy atom. The Labute approximate surface area is 275 Å². The van der Waals surface area contributed by atoms with Crippen LogP contribution >= 0.6 is 0 Å². The van der Waals surface area contributed by atoms with Crippen LogP contribution in [0.5, 0.6) is 0 Å². The number of sulfonamides is 1. The van der Waals surface area contributed by atoms with E-state index in [2.05, 4.69) is 19.2 Å². The van der Waals surface area contributed by atoms with Crippen molar-refractivity contribution in [1.82, 2.24) is 19.3 Å². The van der Waals surface area contributed by atoms with Gasteiger partial charge in [0.1, 0.15) is 23.5 Å². The van der Waals surface area contributed by atoms with Gasteiger partial charge in [0.2, 0.25) is 10.0 Å². The fourth-order valence-corrected chi connectivity index (χ4v) is 11.2. The quantitative estimate of drug-likeness (QED) is 0.327. The topological polar surface area (TPSA) is 157 Å². The number of hydrogen-bond acceptors (Lipinski definition) is 10. The first-order valence-corrected chi connectivity index (χ1v) is 18.0. The van der Waals surface area contributed by atoms with Crippen molar-refractivity contribution >= 4 is 38.9 Å². The lowest BCUT2D eigenvalue weighted by molar-refractivity contribution is -0.143. The molecule has 3 heterocycles. The lowest BCUT2D eigenvalue weighted by atomic mass is 9.69. The predicted molar refractivity (Wildman–Crippen MR) is 174 cm³/mol. The van der Waals surface area contributed by atoms with E-state index in [1.807, 2.05) is 6.92 Å². The first-order valence-electron chi connectivity index (χ1n) is 16.4. The second-order valence-corrected chi connectivity index (χ2v) is 16.8. The molecule has 0 unspecified atom stereocenters. The Morgan fingerprint density at radius 1 is 1.17 bits per heavy atom. The number of alkyl carbamates (subject to hydrolysis) is 1. The zero-order valence-electron chi connectivity index (χ0n) is 28.1. The molecule has 2 amide bonds. The van der Waals surface area contributed by atoms with E-state index in [4.69, 9.17) is 14.5 Å². The molecule has 0 radical (unpaired) electrons. The highest BCUT2D eigenvalue weighted by atomic mass is 32.2. The summed E-state index contributed by atoms with van der Waals surface area (Å²) in [6, 6.07) is 3.76. The number of esters is 1. The SMILES string of the molecule is CCc1nc2ccccc2c(=O)n1N1[C@@H](CC[C@H](NC(=O)OC(C)(C)C)C(=O)OC)[C@@H]1C(=O)N1[C@H]2C[C@H]3CC[C@]2(CS1(=O)=O)C3(C)C. The number of fused-ring (bicyclic) bond motifs is 2. The molecule has 6 rings (SSSR count). The number of nitrogens with zero attached hydrogens (tertiary/aromatic N) is 4. The molecule has 47 heavy (non-hydrogen) atoms. The number of hydrogen-bond donors (Lipinski definition) is 1. The third kappa shape index (κ3) is 5.26. The third-order valence-corrected chi connectivity index (χ3v) is 13.0. The van der Waals surface area contributed by atoms with E-state index in [1.54, 1.807) is 50.0 Å². The largest absolute Gasteiger partial charge is 0.467 e. The minimum atomic E-state index is -3.93. The van der Waals surface area contributed by atoms with Crippen molar-refractivity contribution in [3.05, 3.63) is 40.4 Å². The summed E-state index contributed by atoms with van der Waals surface area (Å²) in [5.41, 5.74) is -1.38. The van der Waals surface area contributed by atoms with Crippen LogP contribution in [0.3, 0.4) is 0 Å². The first-order chi connectivity index (χ1) is 22.0. The molecule has 2 aliphatic heterocycles. The molecule has 1 N–H and O–H groups in total. The van der Waals surface area contributed by atoms with Gasteiger partial charge in [0.15, 0.2) is 0 Å². The lowest BCUT2D eigenvalue weighted by Gasteiger charge is -2.37. The van der Waals surface area contributed by atoms with Crippen molar-refractivity contribution in [1.29, 1.82) is 0 Å². The maximum atomic E-state index is 14.6. The van der Waals surface area contributed by atoms with Crippen molar-refractivity contribution < 1.29 is 32.3 Å². The first kappa shape index (κ1) is 33.2. The summed E-state index contributed by atoms with van der Waals surface area (Å²) < 4.78 is 40.5. The molecule has 14 heteroatoms. The summed E-state index contributed by atoms with van der Waals surface area (Å²) in [6.45, 7) is 11.2. The normalized spacial score (nSPS) is 29.0. The highest BCUT2D eigenvalue weighted by Crippen LogP contribution is 2.70. The summed E-state index contributed by atoms with van der Waals surface area (Å²) in [6.07, 6.45) is 2.09. The van der Waals surface area contributed by atoms with Crippen LogP contribution in [0.4, 0.5) is 4.79 Å². The summed E-state index contributed by atoms with van der Waals surface area (Å²) in [4.78, 5) is 58.6. The Balaban J connectivity index is 1.36. The van der Waals surface area contributed by atoms with Crippen LogP contribution in [-0.4, -0.2) is 83.0 Å². The van der Waals surface area contributed by atoms with Crippen molar-refractivity contribution in [3.63, 3.8) is 0 Å². The van der Waals surface area contributed by atoms with E-state index in [0.717, 1.165) is 17.1 Å². The molecule has 1 aromatic carbocycles. The minimum Gasteiger partial charge on any atom is -0.467 e. The standard InChI is InChI=1S/C33H45N5O8S/c1-8-25-34-21-12-10-9-11-20(21)27(39)37(25)36-23(14-13-22(29(41)45-7)35-30(42)46-31(2,3)4)26(36)28(40)38-24-17-19-15-16-33(24,32(19,5)6)18-47(38,43)44/h9-12,19,22-24,26H,8,13-18H2,1-7H3,(H,35,42)/t19-,22+,23+,24+,26-,33-,36?/m1/s1. The molecule has 2 aliphatic carbocycles. The predicted octanol–water partition coefficient (Wildman–Crippen LogP) is 2.86. The number of nitrogens with one attached hydrogen (secondary N) is 1. The smallest absolute Gasteiger partial charge is 0.408 e. The number of rotatable bonds is 8. The average molecular weight is 672 g/mol. The molecule has 1 spiro atoms. The van der Waals surface area contributed by atoms with E-state index >= 15 is 0 Å². The Bertz CT molecular complexity index is 1800. The number of methoxy groups -OCH3 is 1. The fraction of sp³-hybridized carbons (Fsp3) is 0.667. The number of carbonyl (C=O) groups is 3. The number of ether oxygens (including phenoxy) is 2. The highest BCUT2D eigenvalue weighted by molar-refractivity contribution is 7.90. The molecule has 2 saturated carbocycles. The number of para-hydroxylation sites is 1. The van der Waals surface area contributed by atoms with Crippen molar-refractivity contribution in [3.8, 4) is 0 Å². The minimum absolute atomic E-state index is 0.0449. The molecule has 4 aliphatic rings. The van der Waals surface area contributed by atoms with Crippen LogP contribution in [-0.2, 0) is 35.5 Å². The van der Waals surface area contributed by atoms with Crippen LogP contribution in [0.15, 0.2) is 29.1 Å². The van der Waals surface area contributed by atoms with Gasteiger partial charge < -0.3 is 14.8 Å². The molecule has 1 aromatic heterocycles. The fourth-order valence-electron chi connectivity index (χ4n) is 8.63. The van der Waals surface area contributed by atoms with E-state index in [0.29, 0.717) is 35.5 Å². The van der Waals surface area contributed by atoms with E-state index in [-0.39, 0.29) is 29.6 Å². The maximum Gasteiger partial charge on any atom is 0.408 e. The molecule has 13 nitrogen and oxygen atoms in total. The van der Waals surface area contributed by atoms with Gasteiger partial charge >= 0.3 is 12.1 Å². The number of carbonyl (C=O) groups excluding carboxylic acids is 3. The van der Waals surface area contributed by atoms with E-state index < -0.39 is 63.2 Å². The van der Waals surface area contributed by atoms with Crippen LogP contribution < -0.4 is 15.9 Å². The second-order valence-electron chi connectivity index (χ2n) is 15.0. The lowest BCUT2D eigenvalue weighted by Crippen LogP contribution is -2.47. The summed E-state index contributed by atoms with van der Waals surface area (Å²) >= 11 is 0. The van der Waals surface area contributed by atoms with E-state index in [1.165, 1.54) is 11.8 Å². The van der Waals surface area contributed by atoms with Gasteiger partial charge in [0.05, 0.1) is 35.8 Å². The molecule has 6 atom stereocenters. The molecule has 4 fully saturated rings. The average Bonchev–Trinajstić information content (AvgIpc) is 3.50.